The molecule has 3 rings (SSSR count). The van der Waals surface area contributed by atoms with Crippen LogP contribution in [0.4, 0.5) is 0 Å². The lowest BCUT2D eigenvalue weighted by Crippen LogP contribution is -1.75. The molecule has 0 aromatic carbocycles. The normalized spacial score (nSPS) is 11.4. The van der Waals surface area contributed by atoms with Gasteiger partial charge in [0.25, 0.3) is 0 Å². The highest BCUT2D eigenvalue weighted by Crippen LogP contribution is 2.30. The van der Waals surface area contributed by atoms with E-state index in [4.69, 9.17) is 8.83 Å². The lowest BCUT2D eigenvalue weighted by Gasteiger charge is -1.92. The zero-order valence-corrected chi connectivity index (χ0v) is 10.7. The molecule has 0 radical (unpaired) electrons. The van der Waals surface area contributed by atoms with Gasteiger partial charge in [0.1, 0.15) is 17.6 Å². The van der Waals surface area contributed by atoms with Gasteiger partial charge in [-0.2, -0.15) is 5.26 Å². The van der Waals surface area contributed by atoms with E-state index < -0.39 is 0 Å². The number of nitrogens with zero attached hydrogens (tertiary/aromatic N) is 1. The molecule has 0 fully saturated rings. The van der Waals surface area contributed by atoms with Crippen LogP contribution in [0.5, 0.6) is 0 Å². The first-order valence-electron chi connectivity index (χ1n) is 5.65. The number of allylic oxidation sites excluding steroid dienone is 1. The van der Waals surface area contributed by atoms with Crippen molar-refractivity contribution in [3.8, 4) is 17.4 Å². The van der Waals surface area contributed by atoms with Gasteiger partial charge in [-0.15, -0.1) is 11.3 Å². The molecule has 0 atom stereocenters. The van der Waals surface area contributed by atoms with Crippen molar-refractivity contribution in [2.24, 2.45) is 0 Å². The molecule has 0 saturated carbocycles. The van der Waals surface area contributed by atoms with Crippen LogP contribution in [0.25, 0.3) is 23.0 Å². The van der Waals surface area contributed by atoms with Gasteiger partial charge in [0.05, 0.1) is 18.1 Å². The maximum atomic E-state index is 9.24. The molecule has 0 unspecified atom stereocenters. The second-order valence-corrected chi connectivity index (χ2v) is 4.77. The molecule has 0 aliphatic heterocycles. The number of thiophene rings is 1. The molecule has 0 aliphatic rings. The van der Waals surface area contributed by atoms with Crippen molar-refractivity contribution in [1.29, 1.82) is 5.26 Å². The molecule has 4 heteroatoms. The summed E-state index contributed by atoms with van der Waals surface area (Å²) in [6, 6.07) is 11.5. The largest absolute Gasteiger partial charge is 0.465 e. The fraction of sp³-hybridized carbons (Fsp3) is 0. The molecule has 0 amide bonds. The van der Waals surface area contributed by atoms with E-state index in [1.54, 1.807) is 24.7 Å². The average molecular weight is 267 g/mol. The van der Waals surface area contributed by atoms with Crippen molar-refractivity contribution in [1.82, 2.24) is 0 Å². The first-order valence-corrected chi connectivity index (χ1v) is 6.53. The Kier molecular flexibility index (Phi) is 3.05. The predicted molar refractivity (Wildman–Crippen MR) is 74.2 cm³/mol. The summed E-state index contributed by atoms with van der Waals surface area (Å²) < 4.78 is 10.6. The minimum atomic E-state index is 0.581. The zero-order valence-electron chi connectivity index (χ0n) is 9.87. The number of furan rings is 2. The van der Waals surface area contributed by atoms with E-state index in [1.165, 1.54) is 11.3 Å². The van der Waals surface area contributed by atoms with Gasteiger partial charge in [-0.1, -0.05) is 0 Å². The molecule has 3 aromatic rings. The van der Waals surface area contributed by atoms with E-state index in [0.29, 0.717) is 11.3 Å². The average Bonchev–Trinajstić information content (AvgIpc) is 3.15. The lowest BCUT2D eigenvalue weighted by molar-refractivity contribution is 0.557. The summed E-state index contributed by atoms with van der Waals surface area (Å²) in [4.78, 5) is 0.894. The van der Waals surface area contributed by atoms with E-state index in [-0.39, 0.29) is 0 Å². The molecular weight excluding hydrogens is 258 g/mol. The predicted octanol–water partition coefficient (Wildman–Crippen LogP) is 4.67. The van der Waals surface area contributed by atoms with Gasteiger partial charge >= 0.3 is 0 Å². The van der Waals surface area contributed by atoms with Crippen LogP contribution in [-0.2, 0) is 0 Å². The number of hydrogen-bond donors (Lipinski definition) is 0. The van der Waals surface area contributed by atoms with Gasteiger partial charge in [-0.05, 0) is 36.4 Å². The molecule has 92 valence electrons. The van der Waals surface area contributed by atoms with Crippen molar-refractivity contribution >= 4 is 23.0 Å². The van der Waals surface area contributed by atoms with Gasteiger partial charge in [0, 0.05) is 15.8 Å². The van der Waals surface area contributed by atoms with E-state index in [1.807, 2.05) is 29.6 Å². The fourth-order valence-electron chi connectivity index (χ4n) is 1.72. The number of nitriles is 1. The highest BCUT2D eigenvalue weighted by Gasteiger charge is 2.09. The number of rotatable bonds is 3. The van der Waals surface area contributed by atoms with Crippen LogP contribution in [0, 0.1) is 11.3 Å². The maximum Gasteiger partial charge on any atom is 0.134 e. The zero-order chi connectivity index (χ0) is 13.1. The lowest BCUT2D eigenvalue weighted by atomic mass is 10.1. The summed E-state index contributed by atoms with van der Waals surface area (Å²) in [6.45, 7) is 0. The Morgan fingerprint density at radius 3 is 2.74 bits per heavy atom. The highest BCUT2D eigenvalue weighted by atomic mass is 32.1. The van der Waals surface area contributed by atoms with Crippen molar-refractivity contribution < 1.29 is 8.83 Å². The maximum absolute atomic E-state index is 9.24. The molecule has 0 spiro atoms. The Balaban J connectivity index is 1.96. The third-order valence-corrected chi connectivity index (χ3v) is 3.58. The first kappa shape index (κ1) is 11.6. The number of hydrogen-bond acceptors (Lipinski definition) is 4. The topological polar surface area (TPSA) is 50.1 Å². The van der Waals surface area contributed by atoms with Gasteiger partial charge < -0.3 is 8.83 Å². The van der Waals surface area contributed by atoms with Crippen LogP contribution in [0.2, 0.25) is 0 Å². The Morgan fingerprint density at radius 2 is 2.05 bits per heavy atom. The summed E-state index contributed by atoms with van der Waals surface area (Å²) in [5.74, 6) is 1.47. The van der Waals surface area contributed by atoms with E-state index in [2.05, 4.69) is 6.07 Å². The molecule has 3 heterocycles. The fourth-order valence-corrected chi connectivity index (χ4v) is 2.59. The molecule has 3 nitrogen and oxygen atoms in total. The standard InChI is InChI=1S/C15H9NO2S/c16-9-11(7-13-3-1-5-17-13)15-8-12(10-19-15)14-4-2-6-18-14/h1-8,10H. The van der Waals surface area contributed by atoms with Gasteiger partial charge in [0.2, 0.25) is 0 Å². The molecule has 0 aliphatic carbocycles. The van der Waals surface area contributed by atoms with Crippen molar-refractivity contribution in [3.63, 3.8) is 0 Å². The van der Waals surface area contributed by atoms with Crippen molar-refractivity contribution in [3.05, 3.63) is 58.9 Å². The smallest absolute Gasteiger partial charge is 0.134 e. The van der Waals surface area contributed by atoms with Gasteiger partial charge in [-0.25, -0.2) is 0 Å². The van der Waals surface area contributed by atoms with Crippen LogP contribution in [0.15, 0.2) is 57.1 Å². The van der Waals surface area contributed by atoms with E-state index in [0.717, 1.165) is 16.2 Å². The van der Waals surface area contributed by atoms with E-state index >= 15 is 0 Å². The van der Waals surface area contributed by atoms with Crippen LogP contribution >= 0.6 is 11.3 Å². The second kappa shape index (κ2) is 5.01. The summed E-state index contributed by atoms with van der Waals surface area (Å²) in [5, 5.41) is 11.2. The minimum Gasteiger partial charge on any atom is -0.465 e. The Labute approximate surface area is 114 Å². The van der Waals surface area contributed by atoms with Gasteiger partial charge in [0.15, 0.2) is 0 Å². The minimum absolute atomic E-state index is 0.581. The van der Waals surface area contributed by atoms with Crippen LogP contribution in [0.3, 0.4) is 0 Å². The quantitative estimate of drug-likeness (QED) is 0.648. The first-order chi connectivity index (χ1) is 9.36. The summed E-state index contributed by atoms with van der Waals surface area (Å²) in [7, 11) is 0. The Bertz CT molecular complexity index is 728. The molecule has 19 heavy (non-hydrogen) atoms. The van der Waals surface area contributed by atoms with Crippen LogP contribution < -0.4 is 0 Å². The van der Waals surface area contributed by atoms with Crippen molar-refractivity contribution in [2.75, 3.05) is 0 Å². The highest BCUT2D eigenvalue weighted by molar-refractivity contribution is 7.11. The van der Waals surface area contributed by atoms with Crippen LogP contribution in [0.1, 0.15) is 10.6 Å². The molecule has 0 N–H and O–H groups in total. The van der Waals surface area contributed by atoms with Crippen molar-refractivity contribution in [2.45, 2.75) is 0 Å². The molecule has 0 bridgehead atoms. The van der Waals surface area contributed by atoms with Crippen LogP contribution in [-0.4, -0.2) is 0 Å². The third-order valence-electron chi connectivity index (χ3n) is 2.62. The monoisotopic (exact) mass is 267 g/mol. The second-order valence-electron chi connectivity index (χ2n) is 3.86. The summed E-state index contributed by atoms with van der Waals surface area (Å²) in [6.07, 6.45) is 4.96. The van der Waals surface area contributed by atoms with Gasteiger partial charge in [-0.3, -0.25) is 0 Å². The third kappa shape index (κ3) is 2.37. The molecular formula is C15H9NO2S. The SMILES string of the molecule is N#CC(=Cc1ccco1)c1cc(-c2ccco2)cs1. The molecule has 0 saturated heterocycles. The molecule has 3 aromatic heterocycles. The Morgan fingerprint density at radius 1 is 1.21 bits per heavy atom. The summed E-state index contributed by atoms with van der Waals surface area (Å²) in [5.41, 5.74) is 1.56. The summed E-state index contributed by atoms with van der Waals surface area (Å²) >= 11 is 1.51. The Hall–Kier alpha value is -2.51. The van der Waals surface area contributed by atoms with E-state index in [9.17, 15) is 5.26 Å².